The average Bonchev–Trinajstić information content (AvgIpc) is 2.32. The number of nitrogens with one attached hydrogen (secondary N) is 1. The minimum atomic E-state index is -0.452. The molecule has 1 fully saturated rings. The van der Waals surface area contributed by atoms with Gasteiger partial charge in [-0.2, -0.15) is 0 Å². The lowest BCUT2D eigenvalue weighted by molar-refractivity contribution is 0.0903. The summed E-state index contributed by atoms with van der Waals surface area (Å²) in [6, 6.07) is 7.94. The van der Waals surface area contributed by atoms with Crippen molar-refractivity contribution in [2.45, 2.75) is 24.6 Å². The highest BCUT2D eigenvalue weighted by Crippen LogP contribution is 2.27. The molecule has 1 aromatic rings. The molecule has 0 amide bonds. The van der Waals surface area contributed by atoms with Crippen LogP contribution in [0.5, 0.6) is 5.75 Å². The summed E-state index contributed by atoms with van der Waals surface area (Å²) in [6.45, 7) is 0.651. The number of ether oxygens (including phenoxy) is 1. The van der Waals surface area contributed by atoms with Crippen LogP contribution in [0.3, 0.4) is 0 Å². The molecule has 4 N–H and O–H groups in total. The number of hydrogen-bond acceptors (Lipinski definition) is 4. The van der Waals surface area contributed by atoms with Crippen molar-refractivity contribution >= 4 is 0 Å². The first-order chi connectivity index (χ1) is 7.70. The number of aliphatic hydroxyl groups is 1. The van der Waals surface area contributed by atoms with E-state index >= 15 is 0 Å². The maximum atomic E-state index is 9.57. The molecule has 1 aliphatic heterocycles. The van der Waals surface area contributed by atoms with Crippen molar-refractivity contribution in [3.8, 4) is 5.75 Å². The minimum absolute atomic E-state index is 0.0526. The number of methoxy groups -OCH3 is 1. The molecule has 1 saturated heterocycles. The third-order valence-corrected chi connectivity index (χ3v) is 3.13. The molecule has 88 valence electrons. The lowest BCUT2D eigenvalue weighted by Crippen LogP contribution is -2.49. The summed E-state index contributed by atoms with van der Waals surface area (Å²) in [7, 11) is 1.65. The molecular weight excluding hydrogens is 204 g/mol. The number of hydrogen-bond donors (Lipinski definition) is 3. The molecule has 1 aliphatic rings. The molecule has 2 unspecified atom stereocenters. The number of benzene rings is 1. The summed E-state index contributed by atoms with van der Waals surface area (Å²) in [6.07, 6.45) is 0.208. The number of piperidine rings is 1. The quantitative estimate of drug-likeness (QED) is 0.678. The first kappa shape index (κ1) is 11.4. The SMILES string of the molecule is COc1ccc(C2CC(O)NC[C@H]2N)cc1. The molecule has 2 rings (SSSR count). The topological polar surface area (TPSA) is 67.5 Å². The molecule has 4 nitrogen and oxygen atoms in total. The molecule has 3 atom stereocenters. The van der Waals surface area contributed by atoms with Gasteiger partial charge < -0.3 is 15.6 Å². The molecule has 0 aliphatic carbocycles. The fourth-order valence-corrected chi connectivity index (χ4v) is 2.15. The summed E-state index contributed by atoms with van der Waals surface area (Å²) in [5.74, 6) is 1.05. The second kappa shape index (κ2) is 4.82. The van der Waals surface area contributed by atoms with E-state index in [0.717, 1.165) is 11.3 Å². The van der Waals surface area contributed by atoms with Crippen LogP contribution in [0.4, 0.5) is 0 Å². The molecule has 1 aromatic carbocycles. The highest BCUT2D eigenvalue weighted by molar-refractivity contribution is 5.30. The maximum absolute atomic E-state index is 9.57. The standard InChI is InChI=1S/C12H18N2O2/c1-16-9-4-2-8(3-5-9)10-6-12(15)14-7-11(10)13/h2-5,10-12,14-15H,6-7,13H2,1H3/t10?,11-,12?/m1/s1. The van der Waals surface area contributed by atoms with Crippen LogP contribution in [0.1, 0.15) is 17.9 Å². The molecule has 0 spiro atoms. The van der Waals surface area contributed by atoms with Crippen molar-refractivity contribution in [3.63, 3.8) is 0 Å². The summed E-state index contributed by atoms with van der Waals surface area (Å²) in [4.78, 5) is 0. The van der Waals surface area contributed by atoms with E-state index in [9.17, 15) is 5.11 Å². The van der Waals surface area contributed by atoms with Gasteiger partial charge in [-0.05, 0) is 24.1 Å². The zero-order valence-corrected chi connectivity index (χ0v) is 9.39. The van der Waals surface area contributed by atoms with E-state index in [1.165, 1.54) is 0 Å². The Balaban J connectivity index is 2.15. The minimum Gasteiger partial charge on any atom is -0.497 e. The lowest BCUT2D eigenvalue weighted by atomic mass is 9.86. The first-order valence-electron chi connectivity index (χ1n) is 5.51. The van der Waals surface area contributed by atoms with E-state index in [4.69, 9.17) is 10.5 Å². The van der Waals surface area contributed by atoms with Gasteiger partial charge in [0, 0.05) is 18.5 Å². The van der Waals surface area contributed by atoms with Gasteiger partial charge in [0.25, 0.3) is 0 Å². The van der Waals surface area contributed by atoms with Crippen LogP contribution in [0.15, 0.2) is 24.3 Å². The van der Waals surface area contributed by atoms with Crippen molar-refractivity contribution < 1.29 is 9.84 Å². The van der Waals surface area contributed by atoms with E-state index < -0.39 is 6.23 Å². The van der Waals surface area contributed by atoms with E-state index in [1.54, 1.807) is 7.11 Å². The van der Waals surface area contributed by atoms with Crippen molar-refractivity contribution in [1.29, 1.82) is 0 Å². The van der Waals surface area contributed by atoms with Gasteiger partial charge in [-0.3, -0.25) is 5.32 Å². The molecule has 0 radical (unpaired) electrons. The van der Waals surface area contributed by atoms with Crippen molar-refractivity contribution in [3.05, 3.63) is 29.8 Å². The molecule has 16 heavy (non-hydrogen) atoms. The average molecular weight is 222 g/mol. The predicted octanol–water partition coefficient (Wildman–Crippen LogP) is 0.418. The summed E-state index contributed by atoms with van der Waals surface area (Å²) in [5, 5.41) is 12.5. The van der Waals surface area contributed by atoms with E-state index in [1.807, 2.05) is 24.3 Å². The monoisotopic (exact) mass is 222 g/mol. The van der Waals surface area contributed by atoms with Gasteiger partial charge >= 0.3 is 0 Å². The fraction of sp³-hybridized carbons (Fsp3) is 0.500. The van der Waals surface area contributed by atoms with Crippen molar-refractivity contribution in [1.82, 2.24) is 5.32 Å². The van der Waals surface area contributed by atoms with Gasteiger partial charge in [0.15, 0.2) is 0 Å². The largest absolute Gasteiger partial charge is 0.497 e. The number of rotatable bonds is 2. The Labute approximate surface area is 95.4 Å². The Morgan fingerprint density at radius 3 is 2.69 bits per heavy atom. The van der Waals surface area contributed by atoms with Crippen LogP contribution in [0.25, 0.3) is 0 Å². The van der Waals surface area contributed by atoms with Gasteiger partial charge in [-0.25, -0.2) is 0 Å². The molecule has 0 aromatic heterocycles. The van der Waals surface area contributed by atoms with E-state index in [0.29, 0.717) is 13.0 Å². The van der Waals surface area contributed by atoms with Gasteiger partial charge in [-0.15, -0.1) is 0 Å². The van der Waals surface area contributed by atoms with E-state index in [2.05, 4.69) is 5.32 Å². The summed E-state index contributed by atoms with van der Waals surface area (Å²) >= 11 is 0. The third-order valence-electron chi connectivity index (χ3n) is 3.13. The normalized spacial score (nSPS) is 30.1. The van der Waals surface area contributed by atoms with Crippen LogP contribution in [0, 0.1) is 0 Å². The van der Waals surface area contributed by atoms with Gasteiger partial charge in [-0.1, -0.05) is 12.1 Å². The zero-order valence-electron chi connectivity index (χ0n) is 9.39. The molecular formula is C12H18N2O2. The van der Waals surface area contributed by atoms with Gasteiger partial charge in [0.2, 0.25) is 0 Å². The van der Waals surface area contributed by atoms with Crippen LogP contribution in [-0.4, -0.2) is 31.0 Å². The second-order valence-electron chi connectivity index (χ2n) is 4.20. The highest BCUT2D eigenvalue weighted by atomic mass is 16.5. The van der Waals surface area contributed by atoms with Gasteiger partial charge in [0.05, 0.1) is 7.11 Å². The summed E-state index contributed by atoms with van der Waals surface area (Å²) in [5.41, 5.74) is 7.20. The number of aliphatic hydroxyl groups excluding tert-OH is 1. The molecule has 4 heteroatoms. The molecule has 0 bridgehead atoms. The predicted molar refractivity (Wildman–Crippen MR) is 62.3 cm³/mol. The fourth-order valence-electron chi connectivity index (χ4n) is 2.15. The van der Waals surface area contributed by atoms with Gasteiger partial charge in [0.1, 0.15) is 12.0 Å². The Morgan fingerprint density at radius 1 is 1.38 bits per heavy atom. The highest BCUT2D eigenvalue weighted by Gasteiger charge is 2.27. The number of nitrogens with two attached hydrogens (primary N) is 1. The van der Waals surface area contributed by atoms with Crippen molar-refractivity contribution in [2.24, 2.45) is 5.73 Å². The zero-order chi connectivity index (χ0) is 11.5. The Kier molecular flexibility index (Phi) is 3.43. The maximum Gasteiger partial charge on any atom is 0.118 e. The van der Waals surface area contributed by atoms with Crippen LogP contribution < -0.4 is 15.8 Å². The van der Waals surface area contributed by atoms with E-state index in [-0.39, 0.29) is 12.0 Å². The van der Waals surface area contributed by atoms with Crippen LogP contribution in [-0.2, 0) is 0 Å². The second-order valence-corrected chi connectivity index (χ2v) is 4.20. The Hall–Kier alpha value is -1.10. The Morgan fingerprint density at radius 2 is 2.06 bits per heavy atom. The first-order valence-corrected chi connectivity index (χ1v) is 5.51. The smallest absolute Gasteiger partial charge is 0.118 e. The third kappa shape index (κ3) is 2.35. The molecule has 1 heterocycles. The van der Waals surface area contributed by atoms with Crippen LogP contribution in [0.2, 0.25) is 0 Å². The summed E-state index contributed by atoms with van der Waals surface area (Å²) < 4.78 is 5.11. The molecule has 0 saturated carbocycles. The van der Waals surface area contributed by atoms with Crippen molar-refractivity contribution in [2.75, 3.05) is 13.7 Å². The lowest BCUT2D eigenvalue weighted by Gasteiger charge is -2.33. The Bertz CT molecular complexity index is 339. The van der Waals surface area contributed by atoms with Crippen LogP contribution >= 0.6 is 0 Å².